The fraction of sp³-hybridized carbons (Fsp3) is 0.0526. The standard InChI is InChI=1S/C19H17ClN4OS/c1-2-12-24-17(14-8-10-15(20)11-9-14)13-26-19(24)23-22-18(25)21-16-6-4-3-5-7-16/h2-11,13H,1,12H2,(H2,21,22,25)/b23-19+. The Hall–Kier alpha value is -2.83. The quantitative estimate of drug-likeness (QED) is 0.486. The second-order valence-corrected chi connectivity index (χ2v) is 6.63. The molecule has 0 saturated heterocycles. The molecule has 2 N–H and O–H groups in total. The number of thiazole rings is 1. The van der Waals surface area contributed by atoms with Crippen molar-refractivity contribution in [2.45, 2.75) is 6.54 Å². The Balaban J connectivity index is 1.82. The number of aromatic nitrogens is 1. The Morgan fingerprint density at radius 2 is 1.92 bits per heavy atom. The second kappa shape index (κ2) is 8.51. The largest absolute Gasteiger partial charge is 0.339 e. The third-order valence-corrected chi connectivity index (χ3v) is 4.65. The molecule has 2 aromatic carbocycles. The SMILES string of the molecule is C=CCn1c(-c2ccc(Cl)cc2)cs/c1=N/NC(=O)Nc1ccccc1. The van der Waals surface area contributed by atoms with Gasteiger partial charge in [-0.3, -0.25) is 0 Å². The van der Waals surface area contributed by atoms with E-state index in [4.69, 9.17) is 11.6 Å². The van der Waals surface area contributed by atoms with E-state index in [1.54, 1.807) is 18.2 Å². The minimum atomic E-state index is -0.400. The third kappa shape index (κ3) is 4.41. The predicted octanol–water partition coefficient (Wildman–Crippen LogP) is 4.69. The highest BCUT2D eigenvalue weighted by Gasteiger charge is 2.08. The number of amides is 2. The molecule has 0 aliphatic rings. The molecule has 0 bridgehead atoms. The van der Waals surface area contributed by atoms with E-state index in [-0.39, 0.29) is 0 Å². The summed E-state index contributed by atoms with van der Waals surface area (Å²) in [5, 5.41) is 9.63. The summed E-state index contributed by atoms with van der Waals surface area (Å²) >= 11 is 7.40. The van der Waals surface area contributed by atoms with Crippen molar-refractivity contribution in [3.05, 3.63) is 82.5 Å². The first-order valence-corrected chi connectivity index (χ1v) is 9.14. The van der Waals surface area contributed by atoms with Gasteiger partial charge in [-0.05, 0) is 29.8 Å². The van der Waals surface area contributed by atoms with E-state index < -0.39 is 6.03 Å². The lowest BCUT2D eigenvalue weighted by Gasteiger charge is -2.07. The number of urea groups is 1. The van der Waals surface area contributed by atoms with Crippen LogP contribution in [0.25, 0.3) is 11.3 Å². The van der Waals surface area contributed by atoms with Gasteiger partial charge in [-0.2, -0.15) is 0 Å². The molecule has 0 radical (unpaired) electrons. The summed E-state index contributed by atoms with van der Waals surface area (Å²) < 4.78 is 1.98. The van der Waals surface area contributed by atoms with Gasteiger partial charge >= 0.3 is 6.03 Å². The summed E-state index contributed by atoms with van der Waals surface area (Å²) in [6.45, 7) is 4.37. The number of carbonyl (C=O) groups excluding carboxylic acids is 1. The lowest BCUT2D eigenvalue weighted by molar-refractivity contribution is 0.252. The molecule has 3 rings (SSSR count). The first-order valence-electron chi connectivity index (χ1n) is 7.88. The molecular weight excluding hydrogens is 368 g/mol. The molecule has 1 aromatic heterocycles. The number of hydrogen-bond donors (Lipinski definition) is 2. The molecule has 0 atom stereocenters. The molecule has 0 fully saturated rings. The van der Waals surface area contributed by atoms with Crippen LogP contribution in [0.3, 0.4) is 0 Å². The molecule has 0 aliphatic carbocycles. The molecule has 0 spiro atoms. The molecule has 1 heterocycles. The summed E-state index contributed by atoms with van der Waals surface area (Å²) in [4.78, 5) is 12.7. The Morgan fingerprint density at radius 1 is 1.19 bits per heavy atom. The van der Waals surface area contributed by atoms with Crippen LogP contribution in [0.5, 0.6) is 0 Å². The van der Waals surface area contributed by atoms with E-state index in [1.807, 2.05) is 52.4 Å². The first kappa shape index (κ1) is 18.0. The van der Waals surface area contributed by atoms with Crippen molar-refractivity contribution in [1.82, 2.24) is 9.99 Å². The first-order chi connectivity index (χ1) is 12.7. The molecule has 0 unspecified atom stereocenters. The fourth-order valence-corrected chi connectivity index (χ4v) is 3.36. The van der Waals surface area contributed by atoms with E-state index in [0.29, 0.717) is 22.1 Å². The van der Waals surface area contributed by atoms with Crippen molar-refractivity contribution in [3.8, 4) is 11.3 Å². The average molecular weight is 385 g/mol. The van der Waals surface area contributed by atoms with E-state index in [9.17, 15) is 4.79 Å². The summed E-state index contributed by atoms with van der Waals surface area (Å²) in [6, 6.07) is 16.4. The molecule has 0 saturated carbocycles. The van der Waals surface area contributed by atoms with Crippen LogP contribution in [0.4, 0.5) is 10.5 Å². The number of anilines is 1. The number of nitrogens with one attached hydrogen (secondary N) is 2. The van der Waals surface area contributed by atoms with Crippen molar-refractivity contribution in [2.75, 3.05) is 5.32 Å². The minimum absolute atomic E-state index is 0.400. The average Bonchev–Trinajstić information content (AvgIpc) is 3.05. The van der Waals surface area contributed by atoms with Crippen LogP contribution in [0.15, 0.2) is 77.7 Å². The van der Waals surface area contributed by atoms with Gasteiger partial charge in [-0.1, -0.05) is 48.0 Å². The topological polar surface area (TPSA) is 58.4 Å². The van der Waals surface area contributed by atoms with Crippen molar-refractivity contribution < 1.29 is 4.79 Å². The predicted molar refractivity (Wildman–Crippen MR) is 107 cm³/mol. The zero-order chi connectivity index (χ0) is 18.4. The molecule has 26 heavy (non-hydrogen) atoms. The van der Waals surface area contributed by atoms with E-state index >= 15 is 0 Å². The van der Waals surface area contributed by atoms with Crippen LogP contribution in [-0.2, 0) is 6.54 Å². The Labute approximate surface area is 160 Å². The van der Waals surface area contributed by atoms with Gasteiger partial charge < -0.3 is 9.88 Å². The van der Waals surface area contributed by atoms with Gasteiger partial charge in [0.15, 0.2) is 0 Å². The summed E-state index contributed by atoms with van der Waals surface area (Å²) in [6.07, 6.45) is 1.79. The maximum atomic E-state index is 12.0. The number of para-hydroxylation sites is 1. The minimum Gasteiger partial charge on any atom is -0.311 e. The van der Waals surface area contributed by atoms with Crippen LogP contribution < -0.4 is 15.5 Å². The van der Waals surface area contributed by atoms with Gasteiger partial charge in [0.2, 0.25) is 4.80 Å². The van der Waals surface area contributed by atoms with Crippen LogP contribution in [0.1, 0.15) is 0 Å². The Kier molecular flexibility index (Phi) is 5.88. The maximum absolute atomic E-state index is 12.0. The molecule has 3 aromatic rings. The number of rotatable bonds is 5. The Bertz CT molecular complexity index is 961. The number of hydrogen-bond acceptors (Lipinski definition) is 3. The molecule has 132 valence electrons. The summed E-state index contributed by atoms with van der Waals surface area (Å²) in [5.74, 6) is 0. The monoisotopic (exact) mass is 384 g/mol. The van der Waals surface area contributed by atoms with E-state index in [1.165, 1.54) is 11.3 Å². The number of benzene rings is 2. The number of carbonyl (C=O) groups is 1. The lowest BCUT2D eigenvalue weighted by atomic mass is 10.2. The zero-order valence-electron chi connectivity index (χ0n) is 13.9. The summed E-state index contributed by atoms with van der Waals surface area (Å²) in [5.41, 5.74) is 5.23. The fourth-order valence-electron chi connectivity index (χ4n) is 2.35. The number of nitrogens with zero attached hydrogens (tertiary/aromatic N) is 2. The van der Waals surface area contributed by atoms with Crippen LogP contribution in [0.2, 0.25) is 5.02 Å². The molecular formula is C19H17ClN4OS. The molecule has 5 nitrogen and oxygen atoms in total. The van der Waals surface area contributed by atoms with Gasteiger partial charge in [-0.25, -0.2) is 10.2 Å². The normalized spacial score (nSPS) is 11.2. The maximum Gasteiger partial charge on any atom is 0.339 e. The molecule has 7 heteroatoms. The van der Waals surface area contributed by atoms with E-state index in [0.717, 1.165) is 11.3 Å². The molecule has 0 aliphatic heterocycles. The van der Waals surface area contributed by atoms with Gasteiger partial charge in [0, 0.05) is 22.6 Å². The zero-order valence-corrected chi connectivity index (χ0v) is 15.4. The highest BCUT2D eigenvalue weighted by atomic mass is 35.5. The van der Waals surface area contributed by atoms with Gasteiger partial charge in [0.05, 0.1) is 5.69 Å². The van der Waals surface area contributed by atoms with Gasteiger partial charge in [0.25, 0.3) is 0 Å². The van der Waals surface area contributed by atoms with Gasteiger partial charge in [-0.15, -0.1) is 23.0 Å². The Morgan fingerprint density at radius 3 is 2.62 bits per heavy atom. The van der Waals surface area contributed by atoms with Gasteiger partial charge in [0.1, 0.15) is 0 Å². The van der Waals surface area contributed by atoms with Crippen LogP contribution in [0, 0.1) is 0 Å². The van der Waals surface area contributed by atoms with Crippen LogP contribution in [-0.4, -0.2) is 10.6 Å². The smallest absolute Gasteiger partial charge is 0.311 e. The highest BCUT2D eigenvalue weighted by molar-refractivity contribution is 7.07. The van der Waals surface area contributed by atoms with Crippen molar-refractivity contribution >= 4 is 34.7 Å². The van der Waals surface area contributed by atoms with E-state index in [2.05, 4.69) is 22.4 Å². The lowest BCUT2D eigenvalue weighted by Crippen LogP contribution is -2.28. The number of allylic oxidation sites excluding steroid dienone is 1. The van der Waals surface area contributed by atoms with Crippen LogP contribution >= 0.6 is 22.9 Å². The number of halogens is 1. The van der Waals surface area contributed by atoms with Crippen molar-refractivity contribution in [3.63, 3.8) is 0 Å². The summed E-state index contributed by atoms with van der Waals surface area (Å²) in [7, 11) is 0. The van der Waals surface area contributed by atoms with Crippen molar-refractivity contribution in [2.24, 2.45) is 5.10 Å². The third-order valence-electron chi connectivity index (χ3n) is 3.53. The highest BCUT2D eigenvalue weighted by Crippen LogP contribution is 2.22. The van der Waals surface area contributed by atoms with Crippen molar-refractivity contribution in [1.29, 1.82) is 0 Å². The molecule has 2 amide bonds. The second-order valence-electron chi connectivity index (χ2n) is 5.35.